The maximum Gasteiger partial charge on any atom is 0.195 e. The summed E-state index contributed by atoms with van der Waals surface area (Å²) in [6, 6.07) is 9.54. The zero-order chi connectivity index (χ0) is 12.8. The fraction of sp³-hybridized carbons (Fsp3) is 0.167. The Morgan fingerprint density at radius 2 is 2.06 bits per heavy atom. The van der Waals surface area contributed by atoms with Crippen molar-refractivity contribution < 1.29 is 0 Å². The molecule has 0 amide bonds. The van der Waals surface area contributed by atoms with E-state index in [1.54, 1.807) is 0 Å². The maximum absolute atomic E-state index is 6.41. The lowest BCUT2D eigenvalue weighted by atomic mass is 9.94. The van der Waals surface area contributed by atoms with Gasteiger partial charge in [0.15, 0.2) is 11.6 Å². The van der Waals surface area contributed by atoms with E-state index in [0.29, 0.717) is 5.69 Å². The standard InChI is InChI=1S/C12H14N6/c1-7-6-10(18-17-7)12(14)8-4-2-3-5-9(8)15-11(13)16-12/h2-6H,14H2,1H3,(H,17,18)(H3,13,15,16). The van der Waals surface area contributed by atoms with Crippen molar-refractivity contribution in [3.8, 4) is 0 Å². The zero-order valence-corrected chi connectivity index (χ0v) is 9.94. The molecule has 0 saturated heterocycles. The highest BCUT2D eigenvalue weighted by molar-refractivity contribution is 5.95. The third kappa shape index (κ3) is 1.46. The van der Waals surface area contributed by atoms with Crippen molar-refractivity contribution in [2.75, 3.05) is 5.32 Å². The van der Waals surface area contributed by atoms with Crippen LogP contribution in [0.15, 0.2) is 35.3 Å². The Hall–Kier alpha value is -2.34. The number of fused-ring (bicyclic) bond motifs is 1. The summed E-state index contributed by atoms with van der Waals surface area (Å²) in [6.45, 7) is 1.92. The van der Waals surface area contributed by atoms with Crippen LogP contribution in [-0.2, 0) is 5.66 Å². The van der Waals surface area contributed by atoms with Crippen LogP contribution in [0.1, 0.15) is 17.0 Å². The topological polar surface area (TPSA) is 105 Å². The van der Waals surface area contributed by atoms with Gasteiger partial charge >= 0.3 is 0 Å². The van der Waals surface area contributed by atoms with Gasteiger partial charge in [0, 0.05) is 16.9 Å². The minimum Gasteiger partial charge on any atom is -0.370 e. The summed E-state index contributed by atoms with van der Waals surface area (Å²) >= 11 is 0. The van der Waals surface area contributed by atoms with E-state index in [2.05, 4.69) is 20.5 Å². The molecule has 18 heavy (non-hydrogen) atoms. The van der Waals surface area contributed by atoms with Crippen molar-refractivity contribution in [2.24, 2.45) is 16.5 Å². The summed E-state index contributed by atoms with van der Waals surface area (Å²) in [5, 5.41) is 10.1. The SMILES string of the molecule is Cc1cc(C2(N)N=C(N)Nc3ccccc32)n[nH]1. The summed E-state index contributed by atoms with van der Waals surface area (Å²) in [5.41, 5.74) is 14.4. The lowest BCUT2D eigenvalue weighted by Crippen LogP contribution is -2.44. The zero-order valence-electron chi connectivity index (χ0n) is 9.94. The predicted octanol–water partition coefficient (Wildman–Crippen LogP) is 0.618. The predicted molar refractivity (Wildman–Crippen MR) is 70.0 cm³/mol. The number of anilines is 1. The maximum atomic E-state index is 6.41. The number of nitrogens with two attached hydrogens (primary N) is 2. The average Bonchev–Trinajstić information content (AvgIpc) is 2.76. The van der Waals surface area contributed by atoms with Gasteiger partial charge in [0.1, 0.15) is 5.69 Å². The van der Waals surface area contributed by atoms with Crippen LogP contribution in [0.5, 0.6) is 0 Å². The van der Waals surface area contributed by atoms with Crippen molar-refractivity contribution in [1.82, 2.24) is 10.2 Å². The van der Waals surface area contributed by atoms with E-state index in [9.17, 15) is 0 Å². The van der Waals surface area contributed by atoms with Gasteiger partial charge in [-0.15, -0.1) is 0 Å². The van der Waals surface area contributed by atoms with Gasteiger partial charge in [-0.3, -0.25) is 10.8 Å². The molecule has 6 nitrogen and oxygen atoms in total. The molecule has 2 heterocycles. The number of aliphatic imine (C=N–C) groups is 1. The smallest absolute Gasteiger partial charge is 0.195 e. The van der Waals surface area contributed by atoms with Gasteiger partial charge < -0.3 is 11.1 Å². The highest BCUT2D eigenvalue weighted by Crippen LogP contribution is 2.35. The molecule has 0 spiro atoms. The van der Waals surface area contributed by atoms with E-state index in [4.69, 9.17) is 11.5 Å². The van der Waals surface area contributed by atoms with Crippen LogP contribution in [0.3, 0.4) is 0 Å². The van der Waals surface area contributed by atoms with E-state index < -0.39 is 5.66 Å². The molecule has 0 fully saturated rings. The Morgan fingerprint density at radius 1 is 1.28 bits per heavy atom. The Kier molecular flexibility index (Phi) is 2.14. The number of para-hydroxylation sites is 1. The van der Waals surface area contributed by atoms with E-state index in [1.807, 2.05) is 37.3 Å². The molecule has 6 heteroatoms. The normalized spacial score (nSPS) is 22.0. The average molecular weight is 242 g/mol. The van der Waals surface area contributed by atoms with Crippen LogP contribution in [-0.4, -0.2) is 16.2 Å². The number of nitrogens with one attached hydrogen (secondary N) is 2. The lowest BCUT2D eigenvalue weighted by molar-refractivity contribution is 0.546. The number of benzene rings is 1. The number of aromatic nitrogens is 2. The molecule has 92 valence electrons. The molecular formula is C12H14N6. The molecule has 0 aliphatic carbocycles. The second-order valence-corrected chi connectivity index (χ2v) is 4.37. The number of hydrogen-bond acceptors (Lipinski definition) is 5. The van der Waals surface area contributed by atoms with Gasteiger partial charge in [-0.05, 0) is 19.1 Å². The first-order valence-corrected chi connectivity index (χ1v) is 5.63. The van der Waals surface area contributed by atoms with Crippen molar-refractivity contribution >= 4 is 11.6 Å². The van der Waals surface area contributed by atoms with Gasteiger partial charge in [-0.1, -0.05) is 18.2 Å². The molecule has 1 atom stereocenters. The molecule has 6 N–H and O–H groups in total. The molecule has 3 rings (SSSR count). The molecule has 2 aromatic rings. The third-order valence-corrected chi connectivity index (χ3v) is 2.99. The number of H-pyrrole nitrogens is 1. The van der Waals surface area contributed by atoms with Gasteiger partial charge in [-0.25, -0.2) is 4.99 Å². The van der Waals surface area contributed by atoms with Crippen LogP contribution in [0.25, 0.3) is 0 Å². The second kappa shape index (κ2) is 3.58. The largest absolute Gasteiger partial charge is 0.370 e. The number of aryl methyl sites for hydroxylation is 1. The van der Waals surface area contributed by atoms with Crippen molar-refractivity contribution in [3.05, 3.63) is 47.3 Å². The fourth-order valence-electron chi connectivity index (χ4n) is 2.15. The van der Waals surface area contributed by atoms with E-state index in [-0.39, 0.29) is 5.96 Å². The van der Waals surface area contributed by atoms with Gasteiger partial charge in [0.2, 0.25) is 0 Å². The minimum atomic E-state index is -1.04. The number of aromatic amines is 1. The van der Waals surface area contributed by atoms with Crippen molar-refractivity contribution in [2.45, 2.75) is 12.6 Å². The monoisotopic (exact) mass is 242 g/mol. The van der Waals surface area contributed by atoms with E-state index in [1.165, 1.54) is 0 Å². The van der Waals surface area contributed by atoms with Gasteiger partial charge in [0.25, 0.3) is 0 Å². The molecule has 1 aliphatic rings. The Bertz CT molecular complexity index is 629. The minimum absolute atomic E-state index is 0.289. The van der Waals surface area contributed by atoms with Crippen LogP contribution < -0.4 is 16.8 Å². The molecule has 0 bridgehead atoms. The number of guanidine groups is 1. The summed E-state index contributed by atoms with van der Waals surface area (Å²) in [7, 11) is 0. The van der Waals surface area contributed by atoms with Crippen molar-refractivity contribution in [3.63, 3.8) is 0 Å². The Morgan fingerprint density at radius 3 is 2.78 bits per heavy atom. The van der Waals surface area contributed by atoms with Gasteiger partial charge in [-0.2, -0.15) is 5.10 Å². The summed E-state index contributed by atoms with van der Waals surface area (Å²) in [5.74, 6) is 0.289. The summed E-state index contributed by atoms with van der Waals surface area (Å²) < 4.78 is 0. The Labute approximate surface area is 104 Å². The number of hydrogen-bond donors (Lipinski definition) is 4. The molecule has 1 aliphatic heterocycles. The molecule has 1 unspecified atom stereocenters. The highest BCUT2D eigenvalue weighted by Gasteiger charge is 2.37. The van der Waals surface area contributed by atoms with E-state index >= 15 is 0 Å². The first-order valence-electron chi connectivity index (χ1n) is 5.63. The van der Waals surface area contributed by atoms with Crippen LogP contribution >= 0.6 is 0 Å². The summed E-state index contributed by atoms with van der Waals surface area (Å²) in [6.07, 6.45) is 0. The number of rotatable bonds is 1. The van der Waals surface area contributed by atoms with Crippen LogP contribution in [0.4, 0.5) is 5.69 Å². The molecule has 0 saturated carbocycles. The molecule has 0 radical (unpaired) electrons. The molecule has 1 aromatic carbocycles. The van der Waals surface area contributed by atoms with Crippen LogP contribution in [0.2, 0.25) is 0 Å². The number of nitrogens with zero attached hydrogens (tertiary/aromatic N) is 2. The highest BCUT2D eigenvalue weighted by atomic mass is 15.2. The first-order chi connectivity index (χ1) is 8.59. The second-order valence-electron chi connectivity index (χ2n) is 4.37. The quantitative estimate of drug-likeness (QED) is 0.588. The fourth-order valence-corrected chi connectivity index (χ4v) is 2.15. The third-order valence-electron chi connectivity index (χ3n) is 2.99. The molecular weight excluding hydrogens is 228 g/mol. The van der Waals surface area contributed by atoms with E-state index in [0.717, 1.165) is 16.9 Å². The summed E-state index contributed by atoms with van der Waals surface area (Å²) in [4.78, 5) is 4.32. The van der Waals surface area contributed by atoms with Crippen molar-refractivity contribution in [1.29, 1.82) is 0 Å². The molecule has 1 aromatic heterocycles. The van der Waals surface area contributed by atoms with Gasteiger partial charge in [0.05, 0.1) is 0 Å². The van der Waals surface area contributed by atoms with Crippen LogP contribution in [0, 0.1) is 6.92 Å². The first kappa shape index (κ1) is 10.8. The lowest BCUT2D eigenvalue weighted by Gasteiger charge is -2.30. The Balaban J connectivity index is 2.23.